The molecule has 0 bridgehead atoms. The Bertz CT molecular complexity index is 1960. The molecule has 1 fully saturated rings. The van der Waals surface area contributed by atoms with E-state index < -0.39 is 0 Å². The second kappa shape index (κ2) is 18.4. The lowest BCUT2D eigenvalue weighted by Crippen LogP contribution is -2.37. The van der Waals surface area contributed by atoms with Gasteiger partial charge in [-0.3, -0.25) is 10.1 Å². The molecule has 2 aromatic heterocycles. The largest absolute Gasteiger partial charge is 0.445 e. The molecule has 0 radical (unpaired) electrons. The van der Waals surface area contributed by atoms with Gasteiger partial charge in [0.25, 0.3) is 5.91 Å². The molecule has 0 aliphatic heterocycles. The number of rotatable bonds is 16. The Balaban J connectivity index is 1.07. The van der Waals surface area contributed by atoms with E-state index in [0.29, 0.717) is 46.3 Å². The summed E-state index contributed by atoms with van der Waals surface area (Å²) in [6.07, 6.45) is 12.9. The van der Waals surface area contributed by atoms with E-state index in [0.717, 1.165) is 68.1 Å². The topological polar surface area (TPSA) is 127 Å². The molecule has 1 aliphatic rings. The molecule has 0 spiro atoms. The lowest BCUT2D eigenvalue weighted by molar-refractivity contribution is 0.102. The predicted molar refractivity (Wildman–Crippen MR) is 213 cm³/mol. The molecule has 0 saturated heterocycles. The fourth-order valence-corrected chi connectivity index (χ4v) is 7.70. The summed E-state index contributed by atoms with van der Waals surface area (Å²) in [5, 5.41) is 20.8. The molecule has 2 heterocycles. The van der Waals surface area contributed by atoms with Crippen LogP contribution in [0.25, 0.3) is 16.6 Å². The molecular formula is C42H51N5O5S. The van der Waals surface area contributed by atoms with Crippen molar-refractivity contribution in [1.29, 1.82) is 0 Å². The van der Waals surface area contributed by atoms with Crippen molar-refractivity contribution in [3.05, 3.63) is 95.8 Å². The van der Waals surface area contributed by atoms with Gasteiger partial charge in [-0.05, 0) is 118 Å². The molecule has 0 atom stereocenters. The third-order valence-corrected chi connectivity index (χ3v) is 10.9. The second-order valence-corrected chi connectivity index (χ2v) is 14.8. The van der Waals surface area contributed by atoms with Crippen molar-refractivity contribution in [2.45, 2.75) is 97.3 Å². The first-order valence-corrected chi connectivity index (χ1v) is 19.8. The average Bonchev–Trinajstić information content (AvgIpc) is 3.78. The standard InChI is InChI=1S/C42H51N5O5S/c1-4-32(5-2)44-41(50)45-33-18-23-38(31(24-33)27-51-6-3)52-39-25-43-42(53-39)46-40(49)29-16-19-34(20-17-29)47-26-30(36-12-7-8-13-37(36)47)11-9-10-28-14-21-35(48)22-15-28/h7-8,12-13,16-20,23-26,28,32,35,48H,4-6,9-11,14-15,21-22,27H2,1-3H3,(H,43,46,49)(H2,44,45,50). The van der Waals surface area contributed by atoms with E-state index in [-0.39, 0.29) is 24.1 Å². The van der Waals surface area contributed by atoms with Gasteiger partial charge in [-0.25, -0.2) is 9.78 Å². The van der Waals surface area contributed by atoms with Crippen molar-refractivity contribution in [2.24, 2.45) is 5.92 Å². The molecule has 1 aliphatic carbocycles. The third-order valence-electron chi connectivity index (χ3n) is 10.1. The van der Waals surface area contributed by atoms with Crippen molar-refractivity contribution in [2.75, 3.05) is 17.2 Å². The van der Waals surface area contributed by atoms with E-state index in [1.54, 1.807) is 18.3 Å². The number of aliphatic hydroxyl groups excluding tert-OH is 1. The molecule has 0 unspecified atom stereocenters. The zero-order valence-corrected chi connectivity index (χ0v) is 31.7. The van der Waals surface area contributed by atoms with Crippen LogP contribution >= 0.6 is 11.3 Å². The number of urea groups is 1. The number of aromatic nitrogens is 2. The van der Waals surface area contributed by atoms with E-state index in [2.05, 4.69) is 56.0 Å². The van der Waals surface area contributed by atoms with Gasteiger partial charge in [-0.1, -0.05) is 49.8 Å². The number of fused-ring (bicyclic) bond motifs is 1. The molecular weight excluding hydrogens is 687 g/mol. The first kappa shape index (κ1) is 38.0. The summed E-state index contributed by atoms with van der Waals surface area (Å²) in [5.74, 6) is 1.03. The van der Waals surface area contributed by atoms with Gasteiger partial charge < -0.3 is 29.8 Å². The smallest absolute Gasteiger partial charge is 0.319 e. The number of benzene rings is 3. The number of aryl methyl sites for hydroxylation is 1. The number of hydrogen-bond donors (Lipinski definition) is 4. The van der Waals surface area contributed by atoms with Crippen molar-refractivity contribution < 1.29 is 24.2 Å². The van der Waals surface area contributed by atoms with E-state index in [1.165, 1.54) is 28.7 Å². The van der Waals surface area contributed by atoms with Crippen molar-refractivity contribution >= 4 is 45.0 Å². The number of nitrogens with zero attached hydrogens (tertiary/aromatic N) is 2. The number of nitrogens with one attached hydrogen (secondary N) is 3. The average molecular weight is 738 g/mol. The number of anilines is 2. The summed E-state index contributed by atoms with van der Waals surface area (Å²) in [5.41, 5.74) is 5.40. The molecule has 6 rings (SSSR count). The monoisotopic (exact) mass is 737 g/mol. The maximum absolute atomic E-state index is 13.3. The Hall–Kier alpha value is -4.71. The van der Waals surface area contributed by atoms with Crippen LogP contribution in [0.3, 0.4) is 0 Å². The number of thiazole rings is 1. The van der Waals surface area contributed by atoms with Gasteiger partial charge in [0.05, 0.1) is 24.4 Å². The summed E-state index contributed by atoms with van der Waals surface area (Å²) in [7, 11) is 0. The highest BCUT2D eigenvalue weighted by Crippen LogP contribution is 2.35. The van der Waals surface area contributed by atoms with Crippen LogP contribution in [-0.4, -0.2) is 45.3 Å². The number of aliphatic hydroxyl groups is 1. The summed E-state index contributed by atoms with van der Waals surface area (Å²) in [4.78, 5) is 30.1. The highest BCUT2D eigenvalue weighted by atomic mass is 32.1. The van der Waals surface area contributed by atoms with E-state index in [1.807, 2.05) is 51.1 Å². The highest BCUT2D eigenvalue weighted by Gasteiger charge is 2.20. The summed E-state index contributed by atoms with van der Waals surface area (Å²) < 4.78 is 14.1. The first-order chi connectivity index (χ1) is 25.8. The number of carbonyl (C=O) groups is 2. The van der Waals surface area contributed by atoms with E-state index in [9.17, 15) is 14.7 Å². The van der Waals surface area contributed by atoms with Crippen LogP contribution in [0.15, 0.2) is 79.1 Å². The molecule has 53 heavy (non-hydrogen) atoms. The van der Waals surface area contributed by atoms with Gasteiger partial charge >= 0.3 is 6.03 Å². The zero-order chi connectivity index (χ0) is 37.2. The first-order valence-electron chi connectivity index (χ1n) is 18.9. The van der Waals surface area contributed by atoms with Gasteiger partial charge in [-0.2, -0.15) is 0 Å². The van der Waals surface area contributed by atoms with Crippen LogP contribution in [0.1, 0.15) is 93.6 Å². The molecule has 1 saturated carbocycles. The van der Waals surface area contributed by atoms with Gasteiger partial charge in [0.2, 0.25) is 5.06 Å². The minimum Gasteiger partial charge on any atom is -0.445 e. The maximum atomic E-state index is 13.3. The van der Waals surface area contributed by atoms with Crippen LogP contribution < -0.4 is 20.7 Å². The van der Waals surface area contributed by atoms with Crippen LogP contribution in [-0.2, 0) is 17.8 Å². The normalized spacial score (nSPS) is 15.8. The van der Waals surface area contributed by atoms with Crippen molar-refractivity contribution in [3.63, 3.8) is 0 Å². The molecule has 3 amide bonds. The van der Waals surface area contributed by atoms with E-state index >= 15 is 0 Å². The Morgan fingerprint density at radius 1 is 0.962 bits per heavy atom. The van der Waals surface area contributed by atoms with Gasteiger partial charge in [-0.15, -0.1) is 0 Å². The lowest BCUT2D eigenvalue weighted by Gasteiger charge is -2.25. The Morgan fingerprint density at radius 2 is 1.74 bits per heavy atom. The molecule has 3 aromatic carbocycles. The number of para-hydroxylation sites is 1. The Labute approximate surface area is 315 Å². The Morgan fingerprint density at radius 3 is 2.49 bits per heavy atom. The number of carbonyl (C=O) groups excluding carboxylic acids is 2. The molecule has 280 valence electrons. The minimum absolute atomic E-state index is 0.109. The summed E-state index contributed by atoms with van der Waals surface area (Å²) >= 11 is 1.23. The van der Waals surface area contributed by atoms with Crippen molar-refractivity contribution in [3.8, 4) is 16.5 Å². The van der Waals surface area contributed by atoms with E-state index in [4.69, 9.17) is 9.47 Å². The quantitative estimate of drug-likeness (QED) is 0.0799. The molecule has 11 heteroatoms. The molecule has 4 N–H and O–H groups in total. The fourth-order valence-electron chi connectivity index (χ4n) is 7.02. The fraction of sp³-hybridized carbons (Fsp3) is 0.405. The van der Waals surface area contributed by atoms with Crippen molar-refractivity contribution in [1.82, 2.24) is 14.9 Å². The minimum atomic E-state index is -0.259. The SMILES string of the molecule is CCOCc1cc(NC(=O)NC(CC)CC)ccc1Oc1cnc(NC(=O)c2ccc(-n3cc(CCCC4CCC(O)CC4)c4ccccc43)cc2)s1. The zero-order valence-electron chi connectivity index (χ0n) is 30.9. The summed E-state index contributed by atoms with van der Waals surface area (Å²) in [6, 6.07) is 21.4. The number of amides is 3. The third kappa shape index (κ3) is 10.0. The summed E-state index contributed by atoms with van der Waals surface area (Å²) in [6.45, 7) is 6.85. The highest BCUT2D eigenvalue weighted by molar-refractivity contribution is 7.17. The molecule has 5 aromatic rings. The van der Waals surface area contributed by atoms with Gasteiger partial charge in [0.15, 0.2) is 5.13 Å². The lowest BCUT2D eigenvalue weighted by atomic mass is 9.84. The van der Waals surface area contributed by atoms with Crippen LogP contribution in [0.2, 0.25) is 0 Å². The maximum Gasteiger partial charge on any atom is 0.319 e. The molecule has 10 nitrogen and oxygen atoms in total. The number of ether oxygens (including phenoxy) is 2. The van der Waals surface area contributed by atoms with Crippen LogP contribution in [0, 0.1) is 5.92 Å². The van der Waals surface area contributed by atoms with Gasteiger partial charge in [0.1, 0.15) is 5.75 Å². The second-order valence-electron chi connectivity index (χ2n) is 13.8. The van der Waals surface area contributed by atoms with Crippen LogP contribution in [0.5, 0.6) is 10.8 Å². The Kier molecular flexibility index (Phi) is 13.2. The van der Waals surface area contributed by atoms with Crippen LogP contribution in [0.4, 0.5) is 15.6 Å². The van der Waals surface area contributed by atoms with Gasteiger partial charge in [0, 0.05) is 46.7 Å². The predicted octanol–water partition coefficient (Wildman–Crippen LogP) is 9.85. The number of hydrogen-bond acceptors (Lipinski definition) is 7.